The Bertz CT molecular complexity index is 1310. The Kier molecular flexibility index (Phi) is 7.72. The van der Waals surface area contributed by atoms with Gasteiger partial charge >= 0.3 is 6.09 Å². The molecular formula is C29H35N7O3. The zero-order chi connectivity index (χ0) is 27.4. The Morgan fingerprint density at radius 3 is 2.44 bits per heavy atom. The molecule has 39 heavy (non-hydrogen) atoms. The minimum Gasteiger partial charge on any atom is -0.444 e. The molecule has 10 nitrogen and oxygen atoms in total. The first-order valence-electron chi connectivity index (χ1n) is 13.3. The summed E-state index contributed by atoms with van der Waals surface area (Å²) >= 11 is 0. The van der Waals surface area contributed by atoms with Gasteiger partial charge in [-0.05, 0) is 51.1 Å². The first-order chi connectivity index (χ1) is 18.8. The number of nitrogens with zero attached hydrogens (tertiary/aromatic N) is 6. The van der Waals surface area contributed by atoms with E-state index in [2.05, 4.69) is 38.1 Å². The van der Waals surface area contributed by atoms with Crippen molar-refractivity contribution in [3.05, 3.63) is 60.3 Å². The third-order valence-corrected chi connectivity index (χ3v) is 6.71. The van der Waals surface area contributed by atoms with Gasteiger partial charge in [0.25, 0.3) is 0 Å². The summed E-state index contributed by atoms with van der Waals surface area (Å²) in [6.07, 6.45) is 1.50. The molecule has 2 aliphatic heterocycles. The predicted octanol–water partition coefficient (Wildman–Crippen LogP) is 4.39. The lowest BCUT2D eigenvalue weighted by atomic mass is 10.1. The SMILES string of the molecule is CC(C)(C)OC(=O)N1CCN(c2[nH]c(-c3ccnc(N(c4ccccc4)N4CCOCC4)c3)cc2C#N)CC1. The topological polar surface area (TPSA) is 101 Å². The minimum absolute atomic E-state index is 0.303. The van der Waals surface area contributed by atoms with Crippen molar-refractivity contribution >= 4 is 23.4 Å². The summed E-state index contributed by atoms with van der Waals surface area (Å²) in [5.41, 5.74) is 2.84. The van der Waals surface area contributed by atoms with Gasteiger partial charge in [-0.3, -0.25) is 5.01 Å². The molecule has 0 spiro atoms. The van der Waals surface area contributed by atoms with Gasteiger partial charge in [0.05, 0.1) is 24.5 Å². The van der Waals surface area contributed by atoms with E-state index in [1.165, 1.54) is 0 Å². The number of nitriles is 1. The molecule has 0 atom stereocenters. The van der Waals surface area contributed by atoms with Crippen molar-refractivity contribution in [3.8, 4) is 17.3 Å². The molecule has 1 aromatic carbocycles. The van der Waals surface area contributed by atoms with Crippen LogP contribution in [-0.4, -0.2) is 84.1 Å². The Morgan fingerprint density at radius 2 is 1.77 bits per heavy atom. The Labute approximate surface area is 229 Å². The molecule has 1 N–H and O–H groups in total. The number of anilines is 3. The summed E-state index contributed by atoms with van der Waals surface area (Å²) in [6, 6.07) is 18.4. The zero-order valence-corrected chi connectivity index (χ0v) is 22.8. The number of para-hydroxylation sites is 1. The van der Waals surface area contributed by atoms with E-state index >= 15 is 0 Å². The van der Waals surface area contributed by atoms with Gasteiger partial charge in [0.2, 0.25) is 0 Å². The van der Waals surface area contributed by atoms with E-state index in [1.54, 1.807) is 11.1 Å². The summed E-state index contributed by atoms with van der Waals surface area (Å²) in [6.45, 7) is 10.7. The molecule has 5 rings (SSSR count). The van der Waals surface area contributed by atoms with Crippen molar-refractivity contribution in [2.75, 3.05) is 62.4 Å². The van der Waals surface area contributed by atoms with Crippen LogP contribution in [0.4, 0.5) is 22.1 Å². The quantitative estimate of drug-likeness (QED) is 0.519. The summed E-state index contributed by atoms with van der Waals surface area (Å²) in [5, 5.41) is 14.3. The summed E-state index contributed by atoms with van der Waals surface area (Å²) in [7, 11) is 0. The van der Waals surface area contributed by atoms with Gasteiger partial charge in [-0.1, -0.05) is 18.2 Å². The number of rotatable bonds is 5. The number of ether oxygens (including phenoxy) is 2. The van der Waals surface area contributed by atoms with Crippen molar-refractivity contribution < 1.29 is 14.3 Å². The lowest BCUT2D eigenvalue weighted by Crippen LogP contribution is -2.50. The molecule has 4 heterocycles. The predicted molar refractivity (Wildman–Crippen MR) is 150 cm³/mol. The molecule has 2 aliphatic rings. The van der Waals surface area contributed by atoms with Gasteiger partial charge < -0.3 is 24.3 Å². The molecule has 2 saturated heterocycles. The number of piperazine rings is 1. The van der Waals surface area contributed by atoms with E-state index < -0.39 is 5.60 Å². The molecule has 10 heteroatoms. The van der Waals surface area contributed by atoms with Gasteiger partial charge in [0.15, 0.2) is 0 Å². The second kappa shape index (κ2) is 11.4. The lowest BCUT2D eigenvalue weighted by Gasteiger charge is -2.38. The number of aromatic nitrogens is 2. The van der Waals surface area contributed by atoms with Crippen molar-refractivity contribution in [1.29, 1.82) is 5.26 Å². The van der Waals surface area contributed by atoms with Crippen LogP contribution in [0.15, 0.2) is 54.7 Å². The van der Waals surface area contributed by atoms with Crippen LogP contribution in [0.2, 0.25) is 0 Å². The van der Waals surface area contributed by atoms with Gasteiger partial charge in [-0.2, -0.15) is 5.26 Å². The number of aromatic amines is 1. The maximum Gasteiger partial charge on any atom is 0.410 e. The highest BCUT2D eigenvalue weighted by Gasteiger charge is 2.28. The molecule has 3 aromatic rings. The van der Waals surface area contributed by atoms with E-state index in [4.69, 9.17) is 14.5 Å². The van der Waals surface area contributed by atoms with Crippen LogP contribution in [0.5, 0.6) is 0 Å². The monoisotopic (exact) mass is 529 g/mol. The van der Waals surface area contributed by atoms with Crippen LogP contribution in [0.3, 0.4) is 0 Å². The van der Waals surface area contributed by atoms with E-state index in [1.807, 2.05) is 57.2 Å². The Morgan fingerprint density at radius 1 is 1.05 bits per heavy atom. The molecule has 0 unspecified atom stereocenters. The molecular weight excluding hydrogens is 494 g/mol. The molecule has 0 aliphatic carbocycles. The maximum absolute atomic E-state index is 12.5. The van der Waals surface area contributed by atoms with Crippen LogP contribution in [-0.2, 0) is 9.47 Å². The first-order valence-corrected chi connectivity index (χ1v) is 13.3. The summed E-state index contributed by atoms with van der Waals surface area (Å²) in [4.78, 5) is 24.5. The number of amides is 1. The fraction of sp³-hybridized carbons (Fsp3) is 0.414. The number of hydrazine groups is 1. The van der Waals surface area contributed by atoms with E-state index in [0.29, 0.717) is 45.0 Å². The standard InChI is InChI=1S/C29H35N7O3/c1-29(2,3)39-28(37)34-13-11-33(12-14-34)27-23(21-30)19-25(32-27)22-9-10-31-26(20-22)36(24-7-5-4-6-8-24)35-15-17-38-18-16-35/h4-10,19-20,32H,11-18H2,1-3H3. The van der Waals surface area contributed by atoms with E-state index in [0.717, 1.165) is 41.7 Å². The van der Waals surface area contributed by atoms with E-state index in [9.17, 15) is 10.1 Å². The average Bonchev–Trinajstić information content (AvgIpc) is 3.39. The number of morpholine rings is 1. The van der Waals surface area contributed by atoms with Crippen LogP contribution >= 0.6 is 0 Å². The van der Waals surface area contributed by atoms with Crippen LogP contribution < -0.4 is 9.91 Å². The molecule has 204 valence electrons. The summed E-state index contributed by atoms with van der Waals surface area (Å²) < 4.78 is 11.1. The average molecular weight is 530 g/mol. The maximum atomic E-state index is 12.5. The number of hydrogen-bond acceptors (Lipinski definition) is 8. The van der Waals surface area contributed by atoms with Crippen molar-refractivity contribution in [1.82, 2.24) is 19.9 Å². The first kappa shape index (κ1) is 26.5. The zero-order valence-electron chi connectivity index (χ0n) is 22.8. The Balaban J connectivity index is 1.38. The summed E-state index contributed by atoms with van der Waals surface area (Å²) in [5.74, 6) is 1.56. The number of nitrogens with one attached hydrogen (secondary N) is 1. The normalized spacial score (nSPS) is 16.6. The van der Waals surface area contributed by atoms with Crippen molar-refractivity contribution in [2.45, 2.75) is 26.4 Å². The number of pyridine rings is 1. The molecule has 2 aromatic heterocycles. The van der Waals surface area contributed by atoms with Gasteiger partial charge in [0.1, 0.15) is 23.3 Å². The molecule has 0 saturated carbocycles. The van der Waals surface area contributed by atoms with Crippen LogP contribution in [0.25, 0.3) is 11.3 Å². The third kappa shape index (κ3) is 6.16. The number of benzene rings is 1. The van der Waals surface area contributed by atoms with Gasteiger partial charge in [-0.15, -0.1) is 0 Å². The number of hydrogen-bond donors (Lipinski definition) is 1. The van der Waals surface area contributed by atoms with Gasteiger partial charge in [-0.25, -0.2) is 14.8 Å². The van der Waals surface area contributed by atoms with Crippen LogP contribution in [0.1, 0.15) is 26.3 Å². The van der Waals surface area contributed by atoms with Crippen molar-refractivity contribution in [3.63, 3.8) is 0 Å². The van der Waals surface area contributed by atoms with Gasteiger partial charge in [0, 0.05) is 56.7 Å². The fourth-order valence-corrected chi connectivity index (χ4v) is 4.84. The fourth-order valence-electron chi connectivity index (χ4n) is 4.84. The lowest BCUT2D eigenvalue weighted by molar-refractivity contribution is 0.0240. The number of carbonyl (C=O) groups excluding carboxylic acids is 1. The molecule has 0 bridgehead atoms. The second-order valence-electron chi connectivity index (χ2n) is 10.6. The highest BCUT2D eigenvalue weighted by Crippen LogP contribution is 2.32. The van der Waals surface area contributed by atoms with Crippen LogP contribution in [0, 0.1) is 11.3 Å². The molecule has 0 radical (unpaired) electrons. The number of carbonyl (C=O) groups is 1. The van der Waals surface area contributed by atoms with E-state index in [-0.39, 0.29) is 6.09 Å². The minimum atomic E-state index is -0.530. The smallest absolute Gasteiger partial charge is 0.410 e. The molecule has 2 fully saturated rings. The van der Waals surface area contributed by atoms with Crippen molar-refractivity contribution in [2.24, 2.45) is 0 Å². The second-order valence-corrected chi connectivity index (χ2v) is 10.6. The number of H-pyrrole nitrogens is 1. The Hall–Kier alpha value is -4.07. The molecule has 1 amide bonds. The largest absolute Gasteiger partial charge is 0.444 e. The third-order valence-electron chi connectivity index (χ3n) is 6.71. The highest BCUT2D eigenvalue weighted by atomic mass is 16.6. The highest BCUT2D eigenvalue weighted by molar-refractivity contribution is 5.73.